The van der Waals surface area contributed by atoms with Crippen LogP contribution < -0.4 is 14.8 Å². The van der Waals surface area contributed by atoms with Crippen molar-refractivity contribution in [1.82, 2.24) is 14.9 Å². The highest BCUT2D eigenvalue weighted by Gasteiger charge is 2.24. The number of halogens is 2. The number of rotatable bonds is 13. The molecule has 2 N–H and O–H groups in total. The number of carbonyl (C=O) groups is 2. The molecule has 0 bridgehead atoms. The van der Waals surface area contributed by atoms with Gasteiger partial charge in [-0.1, -0.05) is 54.7 Å². The van der Waals surface area contributed by atoms with Gasteiger partial charge in [0.2, 0.25) is 0 Å². The number of unbranched alkanes of at least 4 members (excludes halogenated alkanes) is 1. The normalized spacial score (nSPS) is 11.6. The summed E-state index contributed by atoms with van der Waals surface area (Å²) in [6, 6.07) is 25.6. The van der Waals surface area contributed by atoms with E-state index in [1.54, 1.807) is 55.6 Å². The van der Waals surface area contributed by atoms with Gasteiger partial charge >= 0.3 is 5.97 Å². The second-order valence-electron chi connectivity index (χ2n) is 10.7. The number of aromatic carboxylic acids is 1. The topological polar surface area (TPSA) is 103 Å². The standard InChI is InChI=1S/C36H33Cl2N3O5/c1-3-4-18-41-22-33(30-17-12-26(37)21-31(30)38)39-34(41)32(40-35(42)25-6-5-7-29(20-25)45-2)19-23-8-13-27(14-9-23)46-28-15-10-24(11-16-28)36(43)44/h5-17,20-22,32H,3-4,18-19H2,1-2H3,(H,40,42)(H,43,44)/t32-/m0/s1. The number of carboxylic acid groups (broad SMARTS) is 1. The Hall–Kier alpha value is -4.79. The zero-order valence-corrected chi connectivity index (χ0v) is 26.9. The minimum absolute atomic E-state index is 0.184. The average Bonchev–Trinajstić information content (AvgIpc) is 3.48. The van der Waals surface area contributed by atoms with Crippen LogP contribution in [0.5, 0.6) is 17.2 Å². The van der Waals surface area contributed by atoms with Gasteiger partial charge in [-0.05, 0) is 91.2 Å². The summed E-state index contributed by atoms with van der Waals surface area (Å²) >= 11 is 12.7. The van der Waals surface area contributed by atoms with E-state index in [-0.39, 0.29) is 11.5 Å². The van der Waals surface area contributed by atoms with Gasteiger partial charge in [-0.15, -0.1) is 0 Å². The molecule has 1 heterocycles. The van der Waals surface area contributed by atoms with Gasteiger partial charge in [-0.3, -0.25) is 4.79 Å². The first-order valence-electron chi connectivity index (χ1n) is 14.8. The van der Waals surface area contributed by atoms with Crippen molar-refractivity contribution < 1.29 is 24.2 Å². The SMILES string of the molecule is CCCCn1cc(-c2ccc(Cl)cc2Cl)nc1[C@H](Cc1ccc(Oc2ccc(C(=O)O)cc2)cc1)NC(=O)c1cccc(OC)c1. The van der Waals surface area contributed by atoms with Gasteiger partial charge in [-0.25, -0.2) is 9.78 Å². The number of ether oxygens (including phenoxy) is 2. The Bertz CT molecular complexity index is 1820. The molecule has 10 heteroatoms. The molecule has 5 rings (SSSR count). The largest absolute Gasteiger partial charge is 0.497 e. The summed E-state index contributed by atoms with van der Waals surface area (Å²) in [6.45, 7) is 2.84. The summed E-state index contributed by atoms with van der Waals surface area (Å²) in [6.07, 6.45) is 4.32. The number of hydrogen-bond donors (Lipinski definition) is 2. The van der Waals surface area contributed by atoms with E-state index in [0.29, 0.717) is 57.3 Å². The minimum Gasteiger partial charge on any atom is -0.497 e. The van der Waals surface area contributed by atoms with Crippen LogP contribution in [0.4, 0.5) is 0 Å². The quantitative estimate of drug-likeness (QED) is 0.131. The number of aromatic nitrogens is 2. The maximum absolute atomic E-state index is 13.6. The minimum atomic E-state index is -0.998. The Balaban J connectivity index is 1.46. The van der Waals surface area contributed by atoms with Crippen LogP contribution in [-0.4, -0.2) is 33.6 Å². The maximum atomic E-state index is 13.6. The van der Waals surface area contributed by atoms with Crippen LogP contribution in [0.25, 0.3) is 11.3 Å². The molecule has 0 aliphatic heterocycles. The summed E-state index contributed by atoms with van der Waals surface area (Å²) in [7, 11) is 1.56. The van der Waals surface area contributed by atoms with Crippen LogP contribution in [0.2, 0.25) is 10.0 Å². The highest BCUT2D eigenvalue weighted by molar-refractivity contribution is 6.36. The molecule has 236 valence electrons. The highest BCUT2D eigenvalue weighted by atomic mass is 35.5. The number of nitrogens with zero attached hydrogens (tertiary/aromatic N) is 2. The Kier molecular flexibility index (Phi) is 10.6. The lowest BCUT2D eigenvalue weighted by atomic mass is 10.0. The van der Waals surface area contributed by atoms with Crippen LogP contribution in [0, 0.1) is 0 Å². The maximum Gasteiger partial charge on any atom is 0.335 e. The number of hydrogen-bond acceptors (Lipinski definition) is 5. The van der Waals surface area contributed by atoms with Gasteiger partial charge in [0.1, 0.15) is 23.1 Å². The van der Waals surface area contributed by atoms with Crippen LogP contribution in [0.1, 0.15) is 57.9 Å². The Morgan fingerprint density at radius 3 is 2.28 bits per heavy atom. The molecule has 0 saturated carbocycles. The lowest BCUT2D eigenvalue weighted by molar-refractivity contribution is 0.0696. The van der Waals surface area contributed by atoms with E-state index in [2.05, 4.69) is 16.8 Å². The van der Waals surface area contributed by atoms with Crippen LogP contribution in [0.3, 0.4) is 0 Å². The summed E-state index contributed by atoms with van der Waals surface area (Å²) in [5.41, 5.74) is 3.03. The molecule has 0 aliphatic rings. The molecule has 1 atom stereocenters. The number of amides is 1. The van der Waals surface area contributed by atoms with Crippen molar-refractivity contribution in [2.75, 3.05) is 7.11 Å². The molecular formula is C36H33Cl2N3O5. The molecule has 8 nitrogen and oxygen atoms in total. The molecule has 4 aromatic carbocycles. The third-order valence-corrected chi connectivity index (χ3v) is 7.96. The number of aryl methyl sites for hydroxylation is 1. The molecule has 0 fully saturated rings. The molecule has 0 aliphatic carbocycles. The van der Waals surface area contributed by atoms with Crippen molar-refractivity contribution in [3.05, 3.63) is 130 Å². The Morgan fingerprint density at radius 1 is 0.913 bits per heavy atom. The van der Waals surface area contributed by atoms with Crippen LogP contribution in [-0.2, 0) is 13.0 Å². The number of carboxylic acids is 1. The van der Waals surface area contributed by atoms with E-state index in [1.807, 2.05) is 36.5 Å². The summed E-state index contributed by atoms with van der Waals surface area (Å²) in [4.78, 5) is 29.8. The average molecular weight is 659 g/mol. The molecule has 0 unspecified atom stereocenters. The fraction of sp³-hybridized carbons (Fsp3) is 0.194. The van der Waals surface area contributed by atoms with Gasteiger partial charge in [-0.2, -0.15) is 0 Å². The third-order valence-electron chi connectivity index (χ3n) is 7.42. The number of imidazole rings is 1. The van der Waals surface area contributed by atoms with Crippen LogP contribution >= 0.6 is 23.2 Å². The fourth-order valence-electron chi connectivity index (χ4n) is 4.99. The summed E-state index contributed by atoms with van der Waals surface area (Å²) in [5.74, 6) is 1.14. The van der Waals surface area contributed by atoms with Crippen LogP contribution in [0.15, 0.2) is 97.2 Å². The van der Waals surface area contributed by atoms with Crippen molar-refractivity contribution in [3.8, 4) is 28.5 Å². The number of benzene rings is 4. The van der Waals surface area contributed by atoms with Crippen molar-refractivity contribution >= 4 is 35.1 Å². The first-order chi connectivity index (χ1) is 22.2. The number of methoxy groups -OCH3 is 1. The second kappa shape index (κ2) is 15.0. The molecule has 1 aromatic heterocycles. The zero-order chi connectivity index (χ0) is 32.6. The molecule has 0 radical (unpaired) electrons. The van der Waals surface area contributed by atoms with Gasteiger partial charge in [0.15, 0.2) is 0 Å². The van der Waals surface area contributed by atoms with Gasteiger partial charge in [0.05, 0.1) is 29.4 Å². The van der Waals surface area contributed by atoms with E-state index in [4.69, 9.17) is 42.8 Å². The molecule has 5 aromatic rings. The Labute approximate surface area is 277 Å². The number of carbonyl (C=O) groups excluding carboxylic acids is 1. The third kappa shape index (κ3) is 8.07. The van der Waals surface area contributed by atoms with Crippen molar-refractivity contribution in [1.29, 1.82) is 0 Å². The Morgan fingerprint density at radius 2 is 1.63 bits per heavy atom. The smallest absolute Gasteiger partial charge is 0.335 e. The molecule has 0 saturated heterocycles. The van der Waals surface area contributed by atoms with Gasteiger partial charge in [0, 0.05) is 28.9 Å². The predicted octanol–water partition coefficient (Wildman–Crippen LogP) is 8.87. The van der Waals surface area contributed by atoms with Crippen molar-refractivity contribution in [3.63, 3.8) is 0 Å². The highest BCUT2D eigenvalue weighted by Crippen LogP contribution is 2.32. The van der Waals surface area contributed by atoms with E-state index in [9.17, 15) is 9.59 Å². The lowest BCUT2D eigenvalue weighted by Crippen LogP contribution is -2.32. The van der Waals surface area contributed by atoms with E-state index >= 15 is 0 Å². The number of nitrogens with one attached hydrogen (secondary N) is 1. The molecule has 46 heavy (non-hydrogen) atoms. The predicted molar refractivity (Wildman–Crippen MR) is 179 cm³/mol. The summed E-state index contributed by atoms with van der Waals surface area (Å²) < 4.78 is 13.3. The lowest BCUT2D eigenvalue weighted by Gasteiger charge is -2.20. The summed E-state index contributed by atoms with van der Waals surface area (Å²) in [5, 5.41) is 13.4. The van der Waals surface area contributed by atoms with E-state index in [1.165, 1.54) is 12.1 Å². The fourth-order valence-corrected chi connectivity index (χ4v) is 5.49. The first-order valence-corrected chi connectivity index (χ1v) is 15.6. The monoisotopic (exact) mass is 657 g/mol. The van der Waals surface area contributed by atoms with E-state index < -0.39 is 12.0 Å². The van der Waals surface area contributed by atoms with Gasteiger partial charge in [0.25, 0.3) is 5.91 Å². The molecular weight excluding hydrogens is 625 g/mol. The van der Waals surface area contributed by atoms with E-state index in [0.717, 1.165) is 24.0 Å². The zero-order valence-electron chi connectivity index (χ0n) is 25.4. The van der Waals surface area contributed by atoms with Crippen molar-refractivity contribution in [2.24, 2.45) is 0 Å². The molecule has 1 amide bonds. The van der Waals surface area contributed by atoms with Crippen molar-refractivity contribution in [2.45, 2.75) is 38.8 Å². The van der Waals surface area contributed by atoms with Gasteiger partial charge < -0.3 is 24.5 Å². The second-order valence-corrected chi connectivity index (χ2v) is 11.5. The molecule has 0 spiro atoms. The first kappa shape index (κ1) is 32.6.